The van der Waals surface area contributed by atoms with Crippen molar-refractivity contribution in [3.05, 3.63) is 23.9 Å². The maximum Gasteiger partial charge on any atom is 0.328 e. The first-order valence-electron chi connectivity index (χ1n) is 4.68. The highest BCUT2D eigenvalue weighted by Gasteiger charge is 2.20. The van der Waals surface area contributed by atoms with Crippen LogP contribution in [0.2, 0.25) is 0 Å². The van der Waals surface area contributed by atoms with E-state index in [4.69, 9.17) is 9.84 Å². The molecule has 1 heterocycles. The number of ether oxygens (including phenoxy) is 1. The summed E-state index contributed by atoms with van der Waals surface area (Å²) in [5.41, 5.74) is 0.130. The Kier molecular flexibility index (Phi) is 4.38. The van der Waals surface area contributed by atoms with Crippen molar-refractivity contribution in [2.75, 3.05) is 13.8 Å². The minimum Gasteiger partial charge on any atom is -0.481 e. The van der Waals surface area contributed by atoms with Gasteiger partial charge in [0.1, 0.15) is 6.67 Å². The molecule has 1 unspecified atom stereocenters. The fourth-order valence-electron chi connectivity index (χ4n) is 1.04. The zero-order valence-corrected chi connectivity index (χ0v) is 9.01. The molecule has 0 saturated heterocycles. The monoisotopic (exact) mass is 242 g/mol. The first kappa shape index (κ1) is 12.9. The van der Waals surface area contributed by atoms with Crippen LogP contribution >= 0.6 is 0 Å². The molecule has 17 heavy (non-hydrogen) atoms. The minimum atomic E-state index is -1.55. The molecule has 0 fully saturated rings. The second-order valence-electron chi connectivity index (χ2n) is 3.11. The quantitative estimate of drug-likeness (QED) is 0.772. The van der Waals surface area contributed by atoms with E-state index in [1.54, 1.807) is 0 Å². The number of amides is 1. The summed E-state index contributed by atoms with van der Waals surface area (Å²) in [5, 5.41) is 10.6. The van der Waals surface area contributed by atoms with E-state index in [9.17, 15) is 14.0 Å². The Morgan fingerprint density at radius 3 is 2.71 bits per heavy atom. The van der Waals surface area contributed by atoms with Gasteiger partial charge in [-0.05, 0) is 6.07 Å². The Morgan fingerprint density at radius 1 is 1.59 bits per heavy atom. The van der Waals surface area contributed by atoms with Crippen LogP contribution in [-0.4, -0.2) is 41.8 Å². The van der Waals surface area contributed by atoms with Crippen molar-refractivity contribution in [2.45, 2.75) is 6.04 Å². The number of pyridine rings is 1. The molecular formula is C10H11FN2O4. The van der Waals surface area contributed by atoms with Crippen LogP contribution in [0.3, 0.4) is 0 Å². The number of alkyl halides is 1. The zero-order chi connectivity index (χ0) is 12.8. The van der Waals surface area contributed by atoms with Crippen molar-refractivity contribution in [3.63, 3.8) is 0 Å². The topological polar surface area (TPSA) is 88.5 Å². The number of carbonyl (C=O) groups is 2. The van der Waals surface area contributed by atoms with E-state index in [1.165, 1.54) is 25.4 Å². The Labute approximate surface area is 96.4 Å². The fraction of sp³-hybridized carbons (Fsp3) is 0.300. The average Bonchev–Trinajstić information content (AvgIpc) is 2.35. The Bertz CT molecular complexity index is 407. The molecule has 1 aromatic heterocycles. The van der Waals surface area contributed by atoms with E-state index in [-0.39, 0.29) is 5.56 Å². The Hall–Kier alpha value is -2.18. The van der Waals surface area contributed by atoms with Crippen molar-refractivity contribution in [2.24, 2.45) is 0 Å². The molecule has 0 spiro atoms. The van der Waals surface area contributed by atoms with Gasteiger partial charge in [-0.1, -0.05) is 0 Å². The molecule has 1 aromatic rings. The third-order valence-electron chi connectivity index (χ3n) is 1.97. The number of hydrogen-bond donors (Lipinski definition) is 2. The van der Waals surface area contributed by atoms with Gasteiger partial charge in [0.15, 0.2) is 6.04 Å². The maximum atomic E-state index is 12.3. The van der Waals surface area contributed by atoms with Gasteiger partial charge in [0.25, 0.3) is 5.91 Å². The lowest BCUT2D eigenvalue weighted by atomic mass is 10.2. The Morgan fingerprint density at radius 2 is 2.29 bits per heavy atom. The number of carbonyl (C=O) groups excluding carboxylic acids is 1. The zero-order valence-electron chi connectivity index (χ0n) is 9.01. The summed E-state index contributed by atoms with van der Waals surface area (Å²) in [6.45, 7) is -1.18. The molecule has 0 aliphatic carbocycles. The van der Waals surface area contributed by atoms with Gasteiger partial charge in [-0.25, -0.2) is 14.2 Å². The summed E-state index contributed by atoms with van der Waals surface area (Å²) in [4.78, 5) is 25.8. The van der Waals surface area contributed by atoms with E-state index in [0.717, 1.165) is 0 Å². The predicted octanol–water partition coefficient (Wildman–Crippen LogP) is 0.243. The van der Waals surface area contributed by atoms with E-state index in [1.807, 2.05) is 5.32 Å². The molecule has 92 valence electrons. The highest BCUT2D eigenvalue weighted by atomic mass is 19.1. The minimum absolute atomic E-state index is 0.130. The molecule has 0 aliphatic heterocycles. The number of aliphatic carboxylic acids is 1. The lowest BCUT2D eigenvalue weighted by molar-refractivity contribution is -0.139. The fourth-order valence-corrected chi connectivity index (χ4v) is 1.04. The van der Waals surface area contributed by atoms with Crippen molar-refractivity contribution in [1.29, 1.82) is 0 Å². The van der Waals surface area contributed by atoms with E-state index in [2.05, 4.69) is 4.98 Å². The van der Waals surface area contributed by atoms with Gasteiger partial charge in [0.2, 0.25) is 5.88 Å². The van der Waals surface area contributed by atoms with Gasteiger partial charge in [-0.3, -0.25) is 4.79 Å². The third kappa shape index (κ3) is 3.40. The molecule has 6 nitrogen and oxygen atoms in total. The Balaban J connectivity index is 2.72. The van der Waals surface area contributed by atoms with Gasteiger partial charge in [0, 0.05) is 12.3 Å². The number of aromatic nitrogens is 1. The number of nitrogens with zero attached hydrogens (tertiary/aromatic N) is 1. The van der Waals surface area contributed by atoms with Crippen LogP contribution in [0.4, 0.5) is 4.39 Å². The summed E-state index contributed by atoms with van der Waals surface area (Å²) in [5.74, 6) is -1.81. The number of hydrogen-bond acceptors (Lipinski definition) is 4. The van der Waals surface area contributed by atoms with Gasteiger partial charge in [-0.15, -0.1) is 0 Å². The standard InChI is InChI=1S/C10H11FN2O4/c1-17-8-3-2-6(5-12-8)9(14)13-7(4-11)10(15)16/h2-3,5,7H,4H2,1H3,(H,13,14)(H,15,16). The van der Waals surface area contributed by atoms with Crippen LogP contribution in [0, 0.1) is 0 Å². The molecular weight excluding hydrogens is 231 g/mol. The van der Waals surface area contributed by atoms with Crippen molar-refractivity contribution in [1.82, 2.24) is 10.3 Å². The van der Waals surface area contributed by atoms with Crippen molar-refractivity contribution < 1.29 is 23.8 Å². The van der Waals surface area contributed by atoms with Crippen LogP contribution in [0.15, 0.2) is 18.3 Å². The van der Waals surface area contributed by atoms with Crippen molar-refractivity contribution >= 4 is 11.9 Å². The molecule has 7 heteroatoms. The second kappa shape index (κ2) is 5.78. The third-order valence-corrected chi connectivity index (χ3v) is 1.97. The van der Waals surface area contributed by atoms with Crippen LogP contribution in [0.1, 0.15) is 10.4 Å². The molecule has 0 radical (unpaired) electrons. The number of nitrogens with one attached hydrogen (secondary N) is 1. The number of carboxylic acid groups (broad SMARTS) is 1. The highest BCUT2D eigenvalue weighted by Crippen LogP contribution is 2.06. The maximum absolute atomic E-state index is 12.3. The lowest BCUT2D eigenvalue weighted by Crippen LogP contribution is -2.42. The molecule has 0 bridgehead atoms. The van der Waals surface area contributed by atoms with Crippen LogP contribution in [-0.2, 0) is 4.79 Å². The van der Waals surface area contributed by atoms with E-state index in [0.29, 0.717) is 5.88 Å². The number of halogens is 1. The average molecular weight is 242 g/mol. The summed E-state index contributed by atoms with van der Waals surface area (Å²) < 4.78 is 17.1. The summed E-state index contributed by atoms with van der Waals surface area (Å²) >= 11 is 0. The van der Waals surface area contributed by atoms with E-state index >= 15 is 0 Å². The number of rotatable bonds is 5. The van der Waals surface area contributed by atoms with Gasteiger partial charge >= 0.3 is 5.97 Å². The first-order valence-corrected chi connectivity index (χ1v) is 4.68. The highest BCUT2D eigenvalue weighted by molar-refractivity contribution is 5.96. The molecule has 1 rings (SSSR count). The van der Waals surface area contributed by atoms with E-state index < -0.39 is 24.6 Å². The van der Waals surface area contributed by atoms with Gasteiger partial charge in [-0.2, -0.15) is 0 Å². The summed E-state index contributed by atoms with van der Waals surface area (Å²) in [7, 11) is 1.42. The largest absolute Gasteiger partial charge is 0.481 e. The lowest BCUT2D eigenvalue weighted by Gasteiger charge is -2.10. The van der Waals surface area contributed by atoms with Crippen LogP contribution in [0.25, 0.3) is 0 Å². The second-order valence-corrected chi connectivity index (χ2v) is 3.11. The SMILES string of the molecule is COc1ccc(C(=O)NC(CF)C(=O)O)cn1. The molecule has 0 saturated carbocycles. The first-order chi connectivity index (χ1) is 8.08. The van der Waals surface area contributed by atoms with Gasteiger partial charge < -0.3 is 15.2 Å². The molecule has 0 aliphatic rings. The number of methoxy groups -OCH3 is 1. The van der Waals surface area contributed by atoms with Crippen molar-refractivity contribution in [3.8, 4) is 5.88 Å². The predicted molar refractivity (Wildman–Crippen MR) is 55.7 cm³/mol. The smallest absolute Gasteiger partial charge is 0.328 e. The van der Waals surface area contributed by atoms with Crippen LogP contribution in [0.5, 0.6) is 5.88 Å². The molecule has 2 N–H and O–H groups in total. The summed E-state index contributed by atoms with van der Waals surface area (Å²) in [6, 6.07) is 1.29. The summed E-state index contributed by atoms with van der Waals surface area (Å²) in [6.07, 6.45) is 1.21. The molecule has 1 atom stereocenters. The number of carboxylic acids is 1. The van der Waals surface area contributed by atoms with Crippen LogP contribution < -0.4 is 10.1 Å². The van der Waals surface area contributed by atoms with Gasteiger partial charge in [0.05, 0.1) is 12.7 Å². The molecule has 0 aromatic carbocycles. The normalized spacial score (nSPS) is 11.6. The molecule has 1 amide bonds.